The number of carbonyl (C=O) groups excluding carboxylic acids is 1. The SMILES string of the molecule is COC(=O)C1=CC2=CCc3occc3C2=N1. The van der Waals surface area contributed by atoms with Crippen LogP contribution in [0.3, 0.4) is 0 Å². The zero-order chi connectivity index (χ0) is 11.1. The number of hydrogen-bond acceptors (Lipinski definition) is 4. The van der Waals surface area contributed by atoms with E-state index in [0.29, 0.717) is 5.70 Å². The summed E-state index contributed by atoms with van der Waals surface area (Å²) in [5.41, 5.74) is 3.08. The van der Waals surface area contributed by atoms with Crippen LogP contribution in [0, 0.1) is 0 Å². The van der Waals surface area contributed by atoms with Gasteiger partial charge in [0.05, 0.1) is 19.1 Å². The van der Waals surface area contributed by atoms with Crippen LogP contribution in [0.4, 0.5) is 0 Å². The van der Waals surface area contributed by atoms with Gasteiger partial charge in [0, 0.05) is 12.0 Å². The number of nitrogens with zero attached hydrogens (tertiary/aromatic N) is 1. The second-order valence-corrected chi connectivity index (χ2v) is 3.60. The van der Waals surface area contributed by atoms with Gasteiger partial charge in [-0.05, 0) is 17.7 Å². The second-order valence-electron chi connectivity index (χ2n) is 3.60. The van der Waals surface area contributed by atoms with Crippen LogP contribution in [0.25, 0.3) is 0 Å². The first-order valence-electron chi connectivity index (χ1n) is 4.95. The Morgan fingerprint density at radius 3 is 3.25 bits per heavy atom. The van der Waals surface area contributed by atoms with E-state index in [-0.39, 0.29) is 0 Å². The molecule has 1 aromatic heterocycles. The monoisotopic (exact) mass is 215 g/mol. The van der Waals surface area contributed by atoms with Crippen LogP contribution in [0.15, 0.2) is 45.2 Å². The van der Waals surface area contributed by atoms with Crippen LogP contribution in [0.1, 0.15) is 11.3 Å². The predicted octanol–water partition coefficient (Wildman–Crippen LogP) is 1.62. The maximum atomic E-state index is 11.4. The average molecular weight is 215 g/mol. The quantitative estimate of drug-likeness (QED) is 0.669. The molecule has 1 aliphatic heterocycles. The van der Waals surface area contributed by atoms with E-state index in [1.807, 2.05) is 12.1 Å². The number of esters is 1. The van der Waals surface area contributed by atoms with Crippen molar-refractivity contribution in [1.82, 2.24) is 0 Å². The number of furan rings is 1. The maximum Gasteiger partial charge on any atom is 0.356 e. The largest absolute Gasteiger partial charge is 0.468 e. The molecule has 3 rings (SSSR count). The molecule has 80 valence electrons. The van der Waals surface area contributed by atoms with Gasteiger partial charge in [-0.15, -0.1) is 0 Å². The molecule has 1 aromatic rings. The lowest BCUT2D eigenvalue weighted by molar-refractivity contribution is -0.136. The minimum Gasteiger partial charge on any atom is -0.468 e. The number of aliphatic imine (C=N–C) groups is 1. The van der Waals surface area contributed by atoms with Gasteiger partial charge in [0.15, 0.2) is 0 Å². The Hall–Kier alpha value is -2.10. The molecule has 0 fully saturated rings. The van der Waals surface area contributed by atoms with Crippen LogP contribution in [0.5, 0.6) is 0 Å². The first-order chi connectivity index (χ1) is 7.79. The molecular weight excluding hydrogens is 206 g/mol. The zero-order valence-electron chi connectivity index (χ0n) is 8.69. The van der Waals surface area contributed by atoms with Crippen molar-refractivity contribution in [2.45, 2.75) is 6.42 Å². The van der Waals surface area contributed by atoms with Crippen molar-refractivity contribution in [1.29, 1.82) is 0 Å². The molecule has 2 heterocycles. The highest BCUT2D eigenvalue weighted by Gasteiger charge is 2.26. The van der Waals surface area contributed by atoms with E-state index in [0.717, 1.165) is 29.0 Å². The van der Waals surface area contributed by atoms with E-state index in [1.54, 1.807) is 12.3 Å². The molecule has 0 amide bonds. The molecule has 0 atom stereocenters. The van der Waals surface area contributed by atoms with Crippen molar-refractivity contribution in [3.05, 3.63) is 47.1 Å². The van der Waals surface area contributed by atoms with Crippen molar-refractivity contribution in [3.8, 4) is 0 Å². The van der Waals surface area contributed by atoms with Crippen molar-refractivity contribution in [3.63, 3.8) is 0 Å². The molecule has 16 heavy (non-hydrogen) atoms. The molecule has 1 aliphatic carbocycles. The molecule has 0 bridgehead atoms. The van der Waals surface area contributed by atoms with E-state index in [4.69, 9.17) is 4.42 Å². The smallest absolute Gasteiger partial charge is 0.356 e. The standard InChI is InChI=1S/C12H9NO3/c1-15-12(14)9-6-7-2-3-10-8(4-5-16-10)11(7)13-9/h2,4-6H,3H2,1H3. The number of ether oxygens (including phenoxy) is 1. The second kappa shape index (κ2) is 3.20. The number of rotatable bonds is 1. The van der Waals surface area contributed by atoms with Gasteiger partial charge in [0.2, 0.25) is 0 Å². The highest BCUT2D eigenvalue weighted by molar-refractivity contribution is 6.20. The van der Waals surface area contributed by atoms with E-state index in [2.05, 4.69) is 9.73 Å². The van der Waals surface area contributed by atoms with Gasteiger partial charge < -0.3 is 9.15 Å². The molecule has 0 saturated heterocycles. The first-order valence-corrected chi connectivity index (χ1v) is 4.95. The van der Waals surface area contributed by atoms with E-state index >= 15 is 0 Å². The summed E-state index contributed by atoms with van der Waals surface area (Å²) in [7, 11) is 1.35. The normalized spacial score (nSPS) is 16.9. The number of carbonyl (C=O) groups is 1. The number of fused-ring (bicyclic) bond motifs is 3. The molecule has 2 aliphatic rings. The molecule has 0 N–H and O–H groups in total. The van der Waals surface area contributed by atoms with Crippen LogP contribution in [0.2, 0.25) is 0 Å². The lowest BCUT2D eigenvalue weighted by Gasteiger charge is -2.08. The Morgan fingerprint density at radius 2 is 2.44 bits per heavy atom. The molecule has 0 radical (unpaired) electrons. The molecule has 0 unspecified atom stereocenters. The average Bonchev–Trinajstić information content (AvgIpc) is 2.92. The highest BCUT2D eigenvalue weighted by Crippen LogP contribution is 2.29. The Balaban J connectivity index is 2.07. The summed E-state index contributed by atoms with van der Waals surface area (Å²) >= 11 is 0. The van der Waals surface area contributed by atoms with Crippen molar-refractivity contribution in [2.75, 3.05) is 7.11 Å². The summed E-state index contributed by atoms with van der Waals surface area (Å²) in [4.78, 5) is 15.6. The third-order valence-electron chi connectivity index (χ3n) is 2.70. The number of methoxy groups -OCH3 is 1. The van der Waals surface area contributed by atoms with Gasteiger partial charge in [-0.2, -0.15) is 0 Å². The highest BCUT2D eigenvalue weighted by atomic mass is 16.5. The van der Waals surface area contributed by atoms with Crippen molar-refractivity contribution >= 4 is 11.7 Å². The summed E-state index contributed by atoms with van der Waals surface area (Å²) < 4.78 is 9.97. The summed E-state index contributed by atoms with van der Waals surface area (Å²) in [6, 6.07) is 1.87. The summed E-state index contributed by atoms with van der Waals surface area (Å²) in [5.74, 6) is 0.481. The van der Waals surface area contributed by atoms with E-state index in [9.17, 15) is 4.79 Å². The molecule has 0 aromatic carbocycles. The molecule has 4 heteroatoms. The van der Waals surface area contributed by atoms with Gasteiger partial charge in [-0.25, -0.2) is 9.79 Å². The van der Waals surface area contributed by atoms with E-state index in [1.165, 1.54) is 7.11 Å². The topological polar surface area (TPSA) is 51.8 Å². The lowest BCUT2D eigenvalue weighted by atomic mass is 9.96. The van der Waals surface area contributed by atoms with Gasteiger partial charge in [0.1, 0.15) is 11.5 Å². The van der Waals surface area contributed by atoms with Gasteiger partial charge in [-0.3, -0.25) is 0 Å². The van der Waals surface area contributed by atoms with Crippen molar-refractivity contribution < 1.29 is 13.9 Å². The fourth-order valence-electron chi connectivity index (χ4n) is 1.93. The van der Waals surface area contributed by atoms with Crippen LogP contribution in [-0.2, 0) is 16.0 Å². The van der Waals surface area contributed by atoms with Crippen LogP contribution in [-0.4, -0.2) is 18.8 Å². The molecule has 0 saturated carbocycles. The number of hydrogen-bond donors (Lipinski definition) is 0. The van der Waals surface area contributed by atoms with E-state index < -0.39 is 5.97 Å². The third-order valence-corrected chi connectivity index (χ3v) is 2.70. The Labute approximate surface area is 91.9 Å². The summed E-state index contributed by atoms with van der Waals surface area (Å²) in [6.45, 7) is 0. The Bertz CT molecular complexity index is 561. The fourth-order valence-corrected chi connectivity index (χ4v) is 1.93. The Kier molecular flexibility index (Phi) is 1.83. The zero-order valence-corrected chi connectivity index (χ0v) is 8.69. The molecular formula is C12H9NO3. The summed E-state index contributed by atoms with van der Waals surface area (Å²) in [5, 5.41) is 0. The number of allylic oxidation sites excluding steroid dienone is 3. The van der Waals surface area contributed by atoms with Crippen molar-refractivity contribution in [2.24, 2.45) is 4.99 Å². The first kappa shape index (κ1) is 9.15. The maximum absolute atomic E-state index is 11.4. The van der Waals surface area contributed by atoms with Crippen LogP contribution >= 0.6 is 0 Å². The van der Waals surface area contributed by atoms with Gasteiger partial charge in [-0.1, -0.05) is 6.08 Å². The minimum absolute atomic E-state index is 0.345. The van der Waals surface area contributed by atoms with Gasteiger partial charge in [0.25, 0.3) is 0 Å². The molecule has 0 spiro atoms. The minimum atomic E-state index is -0.409. The molecule has 4 nitrogen and oxygen atoms in total. The summed E-state index contributed by atoms with van der Waals surface area (Å²) in [6.07, 6.45) is 6.12. The van der Waals surface area contributed by atoms with Crippen LogP contribution < -0.4 is 0 Å². The third kappa shape index (κ3) is 1.16. The lowest BCUT2D eigenvalue weighted by Crippen LogP contribution is -2.07. The predicted molar refractivity (Wildman–Crippen MR) is 57.1 cm³/mol. The fraction of sp³-hybridized carbons (Fsp3) is 0.167. The Morgan fingerprint density at radius 1 is 1.56 bits per heavy atom. The van der Waals surface area contributed by atoms with Gasteiger partial charge >= 0.3 is 5.97 Å².